The number of carbonyl (C=O) groups excluding carboxylic acids is 4. The van der Waals surface area contributed by atoms with Crippen molar-refractivity contribution in [2.24, 2.45) is 5.92 Å². The van der Waals surface area contributed by atoms with Crippen molar-refractivity contribution in [1.82, 2.24) is 15.5 Å². The first kappa shape index (κ1) is 35.3. The molecule has 1 aliphatic heterocycles. The summed E-state index contributed by atoms with van der Waals surface area (Å²) in [6, 6.07) is 21.0. The standard InChI is InChI=1S/C40H51N3O5/c1-40(2,3)48-39(47)34(25-29-16-8-5-9-17-29)42-37(45)33(24-28-14-6-4-7-15-28)41-38(46)35-20-12-13-23-43(35)27-36(44)32-22-21-30-18-10-11-19-31(30)26-32/h4,6-7,10-11,14-15,18-19,21-22,26,29,33-35H,5,8-9,12-13,16-17,20,23-25,27H2,1-3H3,(H,41,46)(H,42,45)/t33-,34-,35-/m0/s1. The van der Waals surface area contributed by atoms with Gasteiger partial charge in [0.2, 0.25) is 11.8 Å². The second-order valence-electron chi connectivity index (χ2n) is 14.6. The highest BCUT2D eigenvalue weighted by atomic mass is 16.6. The number of benzene rings is 3. The number of ether oxygens (including phenoxy) is 1. The van der Waals surface area contributed by atoms with E-state index in [1.54, 1.807) is 0 Å². The number of esters is 1. The van der Waals surface area contributed by atoms with Crippen LogP contribution in [0.25, 0.3) is 10.8 Å². The molecule has 2 amide bonds. The molecule has 2 N–H and O–H groups in total. The van der Waals surface area contributed by atoms with Gasteiger partial charge in [0.05, 0.1) is 12.6 Å². The van der Waals surface area contributed by atoms with Crippen molar-refractivity contribution in [2.45, 2.75) is 109 Å². The van der Waals surface area contributed by atoms with Crippen molar-refractivity contribution in [3.05, 3.63) is 83.9 Å². The molecule has 0 radical (unpaired) electrons. The minimum Gasteiger partial charge on any atom is -0.458 e. The Bertz CT molecular complexity index is 1560. The zero-order valence-electron chi connectivity index (χ0n) is 28.7. The molecule has 0 unspecified atom stereocenters. The highest BCUT2D eigenvalue weighted by molar-refractivity contribution is 6.01. The maximum atomic E-state index is 14.0. The average Bonchev–Trinajstić information content (AvgIpc) is 3.07. The van der Waals surface area contributed by atoms with Crippen LogP contribution in [0.2, 0.25) is 0 Å². The van der Waals surface area contributed by atoms with Crippen LogP contribution in [0.5, 0.6) is 0 Å². The van der Waals surface area contributed by atoms with Gasteiger partial charge in [0.25, 0.3) is 0 Å². The molecule has 48 heavy (non-hydrogen) atoms. The molecule has 0 bridgehead atoms. The fraction of sp³-hybridized carbons (Fsp3) is 0.500. The number of likely N-dealkylation sites (tertiary alicyclic amines) is 1. The number of piperidine rings is 1. The highest BCUT2D eigenvalue weighted by Crippen LogP contribution is 2.28. The lowest BCUT2D eigenvalue weighted by Gasteiger charge is -2.35. The number of nitrogens with one attached hydrogen (secondary N) is 2. The third-order valence-corrected chi connectivity index (χ3v) is 9.55. The molecule has 2 fully saturated rings. The Morgan fingerprint density at radius 1 is 0.792 bits per heavy atom. The summed E-state index contributed by atoms with van der Waals surface area (Å²) in [7, 11) is 0. The maximum absolute atomic E-state index is 14.0. The molecule has 2 aliphatic rings. The fourth-order valence-electron chi connectivity index (χ4n) is 7.06. The average molecular weight is 654 g/mol. The number of hydrogen-bond donors (Lipinski definition) is 2. The summed E-state index contributed by atoms with van der Waals surface area (Å²) in [6.45, 7) is 6.21. The zero-order valence-corrected chi connectivity index (χ0v) is 28.7. The van der Waals surface area contributed by atoms with Crippen LogP contribution in [-0.4, -0.2) is 65.3 Å². The maximum Gasteiger partial charge on any atom is 0.329 e. The van der Waals surface area contributed by atoms with Crippen molar-refractivity contribution >= 4 is 34.3 Å². The van der Waals surface area contributed by atoms with Crippen molar-refractivity contribution in [2.75, 3.05) is 13.1 Å². The Morgan fingerprint density at radius 3 is 2.21 bits per heavy atom. The number of nitrogens with zero attached hydrogens (tertiary/aromatic N) is 1. The quantitative estimate of drug-likeness (QED) is 0.173. The molecular weight excluding hydrogens is 602 g/mol. The SMILES string of the molecule is CC(C)(C)OC(=O)[C@H](CC1CCCCC1)NC(=O)[C@H](Cc1ccccc1)NC(=O)[C@@H]1CCCCN1CC(=O)c1ccc2ccccc2c1. The van der Waals surface area contributed by atoms with Gasteiger partial charge >= 0.3 is 5.97 Å². The number of hydrogen-bond acceptors (Lipinski definition) is 6. The first-order chi connectivity index (χ1) is 23.1. The molecule has 1 saturated carbocycles. The van der Waals surface area contributed by atoms with Gasteiger partial charge in [0, 0.05) is 12.0 Å². The van der Waals surface area contributed by atoms with Crippen LogP contribution in [0.3, 0.4) is 0 Å². The van der Waals surface area contributed by atoms with E-state index in [0.717, 1.165) is 54.9 Å². The minimum absolute atomic E-state index is 0.0399. The first-order valence-electron chi connectivity index (χ1n) is 17.7. The Kier molecular flexibility index (Phi) is 12.0. The molecule has 3 aromatic rings. The van der Waals surface area contributed by atoms with Crippen molar-refractivity contribution in [3.63, 3.8) is 0 Å². The van der Waals surface area contributed by atoms with Gasteiger partial charge in [-0.3, -0.25) is 19.3 Å². The lowest BCUT2D eigenvalue weighted by Crippen LogP contribution is -2.58. The second-order valence-corrected chi connectivity index (χ2v) is 14.6. The number of ketones is 1. The highest BCUT2D eigenvalue weighted by Gasteiger charge is 2.35. The molecule has 1 heterocycles. The van der Waals surface area contributed by atoms with Crippen LogP contribution in [0.1, 0.15) is 94.5 Å². The van der Waals surface area contributed by atoms with E-state index in [-0.39, 0.29) is 24.7 Å². The van der Waals surface area contributed by atoms with E-state index in [0.29, 0.717) is 30.9 Å². The van der Waals surface area contributed by atoms with Crippen LogP contribution >= 0.6 is 0 Å². The molecular formula is C40H51N3O5. The van der Waals surface area contributed by atoms with Gasteiger partial charge in [-0.1, -0.05) is 105 Å². The summed E-state index contributed by atoms with van der Waals surface area (Å²) in [5.74, 6) is -0.847. The van der Waals surface area contributed by atoms with E-state index in [4.69, 9.17) is 4.74 Å². The molecule has 8 heteroatoms. The number of amides is 2. The van der Waals surface area contributed by atoms with E-state index < -0.39 is 35.6 Å². The summed E-state index contributed by atoms with van der Waals surface area (Å²) in [5, 5.41) is 8.11. The number of carbonyl (C=O) groups is 4. The summed E-state index contributed by atoms with van der Waals surface area (Å²) >= 11 is 0. The predicted molar refractivity (Wildman–Crippen MR) is 189 cm³/mol. The topological polar surface area (TPSA) is 105 Å². The van der Waals surface area contributed by atoms with Gasteiger partial charge in [-0.15, -0.1) is 0 Å². The van der Waals surface area contributed by atoms with Crippen LogP contribution in [0, 0.1) is 5.92 Å². The van der Waals surface area contributed by atoms with Crippen LogP contribution in [0.15, 0.2) is 72.8 Å². The lowest BCUT2D eigenvalue weighted by molar-refractivity contribution is -0.159. The van der Waals surface area contributed by atoms with E-state index in [1.165, 1.54) is 6.42 Å². The zero-order chi connectivity index (χ0) is 34.1. The van der Waals surface area contributed by atoms with Crippen molar-refractivity contribution < 1.29 is 23.9 Å². The van der Waals surface area contributed by atoms with Gasteiger partial charge in [-0.25, -0.2) is 4.79 Å². The van der Waals surface area contributed by atoms with Gasteiger partial charge in [-0.05, 0) is 74.9 Å². The number of Topliss-reactive ketones (excluding diaryl/α,β-unsaturated/α-hetero) is 1. The molecule has 1 saturated heterocycles. The summed E-state index contributed by atoms with van der Waals surface area (Å²) < 4.78 is 5.75. The molecule has 256 valence electrons. The van der Waals surface area contributed by atoms with E-state index in [9.17, 15) is 19.2 Å². The van der Waals surface area contributed by atoms with Gasteiger partial charge in [-0.2, -0.15) is 0 Å². The normalized spacial score (nSPS) is 18.9. The van der Waals surface area contributed by atoms with E-state index in [1.807, 2.05) is 98.5 Å². The Balaban J connectivity index is 1.31. The molecule has 1 aliphatic carbocycles. The van der Waals surface area contributed by atoms with Crippen LogP contribution in [0.4, 0.5) is 0 Å². The third kappa shape index (κ3) is 9.99. The molecule has 0 spiro atoms. The fourth-order valence-corrected chi connectivity index (χ4v) is 7.06. The molecule has 0 aromatic heterocycles. The second kappa shape index (κ2) is 16.4. The van der Waals surface area contributed by atoms with Crippen LogP contribution in [-0.2, 0) is 25.5 Å². The van der Waals surface area contributed by atoms with Crippen molar-refractivity contribution in [1.29, 1.82) is 0 Å². The predicted octanol–water partition coefficient (Wildman–Crippen LogP) is 6.40. The van der Waals surface area contributed by atoms with Gasteiger partial charge < -0.3 is 15.4 Å². The summed E-state index contributed by atoms with van der Waals surface area (Å²) in [5.41, 5.74) is 0.816. The molecule has 8 nitrogen and oxygen atoms in total. The van der Waals surface area contributed by atoms with Crippen molar-refractivity contribution in [3.8, 4) is 0 Å². The third-order valence-electron chi connectivity index (χ3n) is 9.55. The Hall–Kier alpha value is -4.04. The lowest BCUT2D eigenvalue weighted by atomic mass is 9.84. The summed E-state index contributed by atoms with van der Waals surface area (Å²) in [6.07, 6.45) is 8.60. The van der Waals surface area contributed by atoms with Gasteiger partial charge in [0.15, 0.2) is 5.78 Å². The Morgan fingerprint density at radius 2 is 1.48 bits per heavy atom. The molecule has 3 atom stereocenters. The largest absolute Gasteiger partial charge is 0.458 e. The monoisotopic (exact) mass is 653 g/mol. The molecule has 5 rings (SSSR count). The molecule has 3 aromatic carbocycles. The first-order valence-corrected chi connectivity index (χ1v) is 17.7. The van der Waals surface area contributed by atoms with Gasteiger partial charge in [0.1, 0.15) is 17.7 Å². The van der Waals surface area contributed by atoms with Crippen LogP contribution < -0.4 is 10.6 Å². The number of rotatable bonds is 12. The smallest absolute Gasteiger partial charge is 0.329 e. The summed E-state index contributed by atoms with van der Waals surface area (Å²) in [4.78, 5) is 56.8. The van der Waals surface area contributed by atoms with E-state index >= 15 is 0 Å². The number of fused-ring (bicyclic) bond motifs is 1. The Labute approximate surface area is 285 Å². The minimum atomic E-state index is -0.906. The van der Waals surface area contributed by atoms with E-state index in [2.05, 4.69) is 10.6 Å².